The zero-order chi connectivity index (χ0) is 15.5. The number of carbonyl (C=O) groups is 2. The topological polar surface area (TPSA) is 80.3 Å². The minimum absolute atomic E-state index is 0.00587. The molecule has 5 nitrogen and oxygen atoms in total. The normalized spacial score (nSPS) is 12.6. The zero-order valence-electron chi connectivity index (χ0n) is 11.1. The molecule has 0 fully saturated rings. The van der Waals surface area contributed by atoms with E-state index in [-0.39, 0.29) is 9.77 Å². The van der Waals surface area contributed by atoms with Gasteiger partial charge in [0.05, 0.1) is 9.77 Å². The summed E-state index contributed by atoms with van der Waals surface area (Å²) in [6, 6.07) is 10.8. The van der Waals surface area contributed by atoms with Gasteiger partial charge < -0.3 is 5.32 Å². The Morgan fingerprint density at radius 3 is 2.29 bits per heavy atom. The fourth-order valence-corrected chi connectivity index (χ4v) is 4.07. The van der Waals surface area contributed by atoms with Crippen molar-refractivity contribution in [3.05, 3.63) is 52.7 Å². The molecular weight excluding hydrogens is 310 g/mol. The summed E-state index contributed by atoms with van der Waals surface area (Å²) in [6.45, 7) is 1.18. The molecule has 7 heteroatoms. The van der Waals surface area contributed by atoms with Gasteiger partial charge in [-0.3, -0.25) is 9.59 Å². The van der Waals surface area contributed by atoms with Crippen LogP contribution in [-0.4, -0.2) is 25.5 Å². The molecule has 0 spiro atoms. The first-order valence-electron chi connectivity index (χ1n) is 6.06. The molecule has 0 saturated carbocycles. The van der Waals surface area contributed by atoms with Crippen LogP contribution in [0.25, 0.3) is 0 Å². The van der Waals surface area contributed by atoms with Crippen molar-refractivity contribution < 1.29 is 18.0 Å². The molecule has 21 heavy (non-hydrogen) atoms. The molecule has 2 rings (SSSR count). The lowest BCUT2D eigenvalue weighted by atomic mass is 10.3. The van der Waals surface area contributed by atoms with Crippen LogP contribution in [0.4, 0.5) is 0 Å². The monoisotopic (exact) mass is 323 g/mol. The number of thiophene rings is 1. The minimum Gasteiger partial charge on any atom is -0.333 e. The zero-order valence-corrected chi connectivity index (χ0v) is 12.8. The highest BCUT2D eigenvalue weighted by Crippen LogP contribution is 2.20. The smallest absolute Gasteiger partial charge is 0.218 e. The van der Waals surface area contributed by atoms with Crippen LogP contribution >= 0.6 is 11.3 Å². The first kappa shape index (κ1) is 15.4. The summed E-state index contributed by atoms with van der Waals surface area (Å²) in [5.41, 5.74) is 0. The number of Topliss-reactive ketones (excluding diaryl/α,β-unsaturated/α-hetero) is 1. The number of carbonyl (C=O) groups excluding carboxylic acids is 2. The molecule has 0 aliphatic carbocycles. The second-order valence-electron chi connectivity index (χ2n) is 4.28. The summed E-state index contributed by atoms with van der Waals surface area (Å²) < 4.78 is 25.1. The van der Waals surface area contributed by atoms with Gasteiger partial charge in [-0.15, -0.1) is 11.3 Å². The van der Waals surface area contributed by atoms with E-state index in [0.29, 0.717) is 0 Å². The van der Waals surface area contributed by atoms with Crippen molar-refractivity contribution in [1.82, 2.24) is 5.32 Å². The predicted molar refractivity (Wildman–Crippen MR) is 79.9 cm³/mol. The lowest BCUT2D eigenvalue weighted by molar-refractivity contribution is -0.119. The Bertz CT molecular complexity index is 737. The maximum Gasteiger partial charge on any atom is 0.218 e. The van der Waals surface area contributed by atoms with Crippen molar-refractivity contribution in [3.63, 3.8) is 0 Å². The number of hydrogen-bond acceptors (Lipinski definition) is 5. The van der Waals surface area contributed by atoms with Gasteiger partial charge in [0.1, 0.15) is 0 Å². The molecule has 0 saturated heterocycles. The standard InChI is InChI=1S/C14H13NO4S2/c1-10(16)15-14(13(17)12-8-5-9-20-12)21(18,19)11-6-3-2-4-7-11/h2-9,14H,1H3,(H,15,16)/t14-/m0/s1. The van der Waals surface area contributed by atoms with E-state index in [0.717, 1.165) is 11.3 Å². The third-order valence-electron chi connectivity index (χ3n) is 2.72. The number of nitrogens with one attached hydrogen (secondary N) is 1. The van der Waals surface area contributed by atoms with Gasteiger partial charge in [0.15, 0.2) is 0 Å². The van der Waals surface area contributed by atoms with E-state index in [1.807, 2.05) is 0 Å². The SMILES string of the molecule is CC(=O)N[C@H](C(=O)c1cccs1)S(=O)(=O)c1ccccc1. The van der Waals surface area contributed by atoms with Gasteiger partial charge in [-0.25, -0.2) is 8.42 Å². The van der Waals surface area contributed by atoms with Crippen LogP contribution in [0.2, 0.25) is 0 Å². The Hall–Kier alpha value is -1.99. The molecule has 1 amide bonds. The van der Waals surface area contributed by atoms with Crippen LogP contribution in [0.3, 0.4) is 0 Å². The number of rotatable bonds is 5. The van der Waals surface area contributed by atoms with E-state index in [1.54, 1.807) is 29.6 Å². The van der Waals surface area contributed by atoms with Crippen LogP contribution in [0.1, 0.15) is 16.6 Å². The van der Waals surface area contributed by atoms with E-state index >= 15 is 0 Å². The van der Waals surface area contributed by atoms with Gasteiger partial charge >= 0.3 is 0 Å². The maximum atomic E-state index is 12.6. The fourth-order valence-electron chi connectivity index (χ4n) is 1.76. The van der Waals surface area contributed by atoms with Crippen LogP contribution in [-0.2, 0) is 14.6 Å². The summed E-state index contributed by atoms with van der Waals surface area (Å²) in [5.74, 6) is -1.21. The number of benzene rings is 1. The van der Waals surface area contributed by atoms with Gasteiger partial charge in [0.25, 0.3) is 0 Å². The Morgan fingerprint density at radius 2 is 1.76 bits per heavy atom. The van der Waals surface area contributed by atoms with Crippen LogP contribution in [0.15, 0.2) is 52.7 Å². The molecule has 110 valence electrons. The first-order chi connectivity index (χ1) is 9.93. The van der Waals surface area contributed by atoms with Crippen molar-refractivity contribution in [3.8, 4) is 0 Å². The Labute approximate surface area is 126 Å². The van der Waals surface area contributed by atoms with E-state index in [9.17, 15) is 18.0 Å². The summed E-state index contributed by atoms with van der Waals surface area (Å²) in [6.07, 6.45) is 0. The average Bonchev–Trinajstić information content (AvgIpc) is 2.99. The van der Waals surface area contributed by atoms with Crippen LogP contribution in [0.5, 0.6) is 0 Å². The minimum atomic E-state index is -4.00. The molecule has 1 aromatic carbocycles. The summed E-state index contributed by atoms with van der Waals surface area (Å²) in [4.78, 5) is 23.9. The van der Waals surface area contributed by atoms with Crippen LogP contribution in [0, 0.1) is 0 Å². The lowest BCUT2D eigenvalue weighted by Gasteiger charge is -2.16. The summed E-state index contributed by atoms with van der Waals surface area (Å²) in [7, 11) is -4.00. The Morgan fingerprint density at radius 1 is 1.10 bits per heavy atom. The van der Waals surface area contributed by atoms with Crippen molar-refractivity contribution in [2.45, 2.75) is 17.2 Å². The van der Waals surface area contributed by atoms with Gasteiger partial charge in [-0.2, -0.15) is 0 Å². The molecular formula is C14H13NO4S2. The number of ketones is 1. The second kappa shape index (κ2) is 6.19. The molecule has 2 aromatic rings. The quantitative estimate of drug-likeness (QED) is 0.852. The fraction of sp³-hybridized carbons (Fsp3) is 0.143. The summed E-state index contributed by atoms with van der Waals surface area (Å²) >= 11 is 1.13. The van der Waals surface area contributed by atoms with Gasteiger partial charge in [-0.1, -0.05) is 24.3 Å². The molecule has 0 bridgehead atoms. The van der Waals surface area contributed by atoms with Crippen molar-refractivity contribution in [2.24, 2.45) is 0 Å². The first-order valence-corrected chi connectivity index (χ1v) is 8.49. The molecule has 0 aliphatic rings. The third kappa shape index (κ3) is 3.37. The van der Waals surface area contributed by atoms with Crippen molar-refractivity contribution in [1.29, 1.82) is 0 Å². The van der Waals surface area contributed by atoms with Gasteiger partial charge in [0.2, 0.25) is 26.9 Å². The highest BCUT2D eigenvalue weighted by molar-refractivity contribution is 7.92. The predicted octanol–water partition coefficient (Wildman–Crippen LogP) is 1.87. The molecule has 1 heterocycles. The van der Waals surface area contributed by atoms with Gasteiger partial charge in [-0.05, 0) is 23.6 Å². The van der Waals surface area contributed by atoms with E-state index in [4.69, 9.17) is 0 Å². The number of sulfone groups is 1. The van der Waals surface area contributed by atoms with E-state index in [2.05, 4.69) is 5.32 Å². The summed E-state index contributed by atoms with van der Waals surface area (Å²) in [5, 5.41) is 2.30. The van der Waals surface area contributed by atoms with Crippen LogP contribution < -0.4 is 5.32 Å². The number of amides is 1. The van der Waals surface area contributed by atoms with E-state index in [1.165, 1.54) is 25.1 Å². The maximum absolute atomic E-state index is 12.6. The third-order valence-corrected chi connectivity index (χ3v) is 5.48. The number of hydrogen-bond donors (Lipinski definition) is 1. The van der Waals surface area contributed by atoms with Gasteiger partial charge in [0, 0.05) is 6.92 Å². The van der Waals surface area contributed by atoms with E-state index < -0.39 is 26.9 Å². The highest BCUT2D eigenvalue weighted by atomic mass is 32.2. The molecule has 0 unspecified atom stereocenters. The molecule has 1 atom stereocenters. The van der Waals surface area contributed by atoms with Crippen molar-refractivity contribution >= 4 is 32.9 Å². The molecule has 1 N–H and O–H groups in total. The molecule has 0 aliphatic heterocycles. The molecule has 0 radical (unpaired) electrons. The lowest BCUT2D eigenvalue weighted by Crippen LogP contribution is -2.45. The Kier molecular flexibility index (Phi) is 4.54. The van der Waals surface area contributed by atoms with Crippen molar-refractivity contribution in [2.75, 3.05) is 0 Å². The highest BCUT2D eigenvalue weighted by Gasteiger charge is 2.35. The average molecular weight is 323 g/mol. The Balaban J connectivity index is 2.46. The second-order valence-corrected chi connectivity index (χ2v) is 7.26. The largest absolute Gasteiger partial charge is 0.333 e. The molecule has 1 aromatic heterocycles.